The number of amides is 1. The molecule has 1 heterocycles. The van der Waals surface area contributed by atoms with Gasteiger partial charge < -0.3 is 4.90 Å². The third-order valence-corrected chi connectivity index (χ3v) is 3.17. The van der Waals surface area contributed by atoms with E-state index in [-0.39, 0.29) is 5.91 Å². The zero-order valence-corrected chi connectivity index (χ0v) is 10.7. The predicted molar refractivity (Wildman–Crippen MR) is 70.6 cm³/mol. The fourth-order valence-electron chi connectivity index (χ4n) is 1.66. The molecular formula is C13H14N2OS. The van der Waals surface area contributed by atoms with Gasteiger partial charge in [0, 0.05) is 17.1 Å². The largest absolute Gasteiger partial charge is 0.307 e. The highest BCUT2D eigenvalue weighted by Crippen LogP contribution is 2.17. The minimum Gasteiger partial charge on any atom is -0.307 e. The van der Waals surface area contributed by atoms with Crippen molar-refractivity contribution in [1.29, 1.82) is 0 Å². The molecule has 0 fully saturated rings. The van der Waals surface area contributed by atoms with Gasteiger partial charge in [-0.05, 0) is 43.6 Å². The molecule has 0 unspecified atom stereocenters. The minimum atomic E-state index is -0.0388. The maximum Gasteiger partial charge on any atom is 0.277 e. The summed E-state index contributed by atoms with van der Waals surface area (Å²) < 4.78 is 4.16. The van der Waals surface area contributed by atoms with Gasteiger partial charge >= 0.3 is 0 Å². The van der Waals surface area contributed by atoms with Crippen LogP contribution in [0.4, 0.5) is 5.69 Å². The molecule has 0 spiro atoms. The van der Waals surface area contributed by atoms with Crippen LogP contribution in [0.3, 0.4) is 0 Å². The number of aryl methyl sites for hydroxylation is 1. The van der Waals surface area contributed by atoms with Crippen molar-refractivity contribution in [2.75, 3.05) is 11.4 Å². The van der Waals surface area contributed by atoms with E-state index in [1.54, 1.807) is 4.90 Å². The number of carbonyl (C=O) groups excluding carboxylic acids is 1. The molecule has 1 amide bonds. The summed E-state index contributed by atoms with van der Waals surface area (Å²) in [5, 5.41) is 0. The lowest BCUT2D eigenvalue weighted by Gasteiger charge is -2.19. The summed E-state index contributed by atoms with van der Waals surface area (Å²) in [5.41, 5.74) is 1.43. The molecule has 0 atom stereocenters. The van der Waals surface area contributed by atoms with E-state index in [0.717, 1.165) is 10.6 Å². The van der Waals surface area contributed by atoms with Gasteiger partial charge in [-0.3, -0.25) is 4.79 Å². The molecule has 0 aliphatic heterocycles. The lowest BCUT2D eigenvalue weighted by molar-refractivity contribution is 0.0984. The van der Waals surface area contributed by atoms with Crippen LogP contribution in [0.25, 0.3) is 0 Å². The first kappa shape index (κ1) is 11.8. The predicted octanol–water partition coefficient (Wildman–Crippen LogP) is 3.12. The second kappa shape index (κ2) is 5.10. The SMILES string of the molecule is CCN(C(=O)c1cc(C)sn1)c1ccccc1. The van der Waals surface area contributed by atoms with Crippen LogP contribution >= 0.6 is 11.5 Å². The average molecular weight is 246 g/mol. The molecule has 88 valence electrons. The summed E-state index contributed by atoms with van der Waals surface area (Å²) in [5.74, 6) is -0.0388. The molecule has 0 N–H and O–H groups in total. The number of hydrogen-bond donors (Lipinski definition) is 0. The summed E-state index contributed by atoms with van der Waals surface area (Å²) in [6, 6.07) is 11.5. The number of nitrogens with zero attached hydrogens (tertiary/aromatic N) is 2. The summed E-state index contributed by atoms with van der Waals surface area (Å²) >= 11 is 1.36. The Morgan fingerprint density at radius 3 is 2.59 bits per heavy atom. The Hall–Kier alpha value is -1.68. The zero-order valence-electron chi connectivity index (χ0n) is 9.88. The number of anilines is 1. The lowest BCUT2D eigenvalue weighted by Crippen LogP contribution is -2.30. The van der Waals surface area contributed by atoms with Crippen LogP contribution in [0.5, 0.6) is 0 Å². The topological polar surface area (TPSA) is 33.2 Å². The average Bonchev–Trinajstić information content (AvgIpc) is 2.78. The molecule has 2 rings (SSSR count). The standard InChI is InChI=1S/C13H14N2OS/c1-3-15(11-7-5-4-6-8-11)13(16)12-9-10(2)17-14-12/h4-9H,3H2,1-2H3. The van der Waals surface area contributed by atoms with Crippen molar-refractivity contribution in [1.82, 2.24) is 4.37 Å². The van der Waals surface area contributed by atoms with Gasteiger partial charge in [-0.15, -0.1) is 0 Å². The molecule has 0 aliphatic carbocycles. The maximum absolute atomic E-state index is 12.3. The number of para-hydroxylation sites is 1. The molecular weight excluding hydrogens is 232 g/mol. The molecule has 0 radical (unpaired) electrons. The fourth-order valence-corrected chi connectivity index (χ4v) is 2.19. The Bertz CT molecular complexity index is 507. The molecule has 1 aromatic heterocycles. The Morgan fingerprint density at radius 2 is 2.06 bits per heavy atom. The monoisotopic (exact) mass is 246 g/mol. The highest BCUT2D eigenvalue weighted by molar-refractivity contribution is 7.05. The summed E-state index contributed by atoms with van der Waals surface area (Å²) in [4.78, 5) is 15.0. The third kappa shape index (κ3) is 2.53. The quantitative estimate of drug-likeness (QED) is 0.833. The van der Waals surface area contributed by atoms with Gasteiger partial charge in [0.15, 0.2) is 0 Å². The summed E-state index contributed by atoms with van der Waals surface area (Å²) in [6.45, 7) is 4.55. The number of carbonyl (C=O) groups is 1. The van der Waals surface area contributed by atoms with Crippen molar-refractivity contribution in [2.24, 2.45) is 0 Å². The Morgan fingerprint density at radius 1 is 1.35 bits per heavy atom. The molecule has 0 aliphatic rings. The van der Waals surface area contributed by atoms with Crippen molar-refractivity contribution in [3.63, 3.8) is 0 Å². The minimum absolute atomic E-state index is 0.0388. The molecule has 0 saturated carbocycles. The zero-order chi connectivity index (χ0) is 12.3. The van der Waals surface area contributed by atoms with Crippen LogP contribution in [0.15, 0.2) is 36.4 Å². The van der Waals surface area contributed by atoms with E-state index < -0.39 is 0 Å². The van der Waals surface area contributed by atoms with Crippen LogP contribution in [0, 0.1) is 6.92 Å². The van der Waals surface area contributed by atoms with Crippen molar-refractivity contribution in [3.05, 3.63) is 47.0 Å². The number of rotatable bonds is 3. The first-order valence-corrected chi connectivity index (χ1v) is 6.30. The van der Waals surface area contributed by atoms with Gasteiger partial charge in [0.25, 0.3) is 5.91 Å². The molecule has 2 aromatic rings. The van der Waals surface area contributed by atoms with Crippen LogP contribution < -0.4 is 4.90 Å². The van der Waals surface area contributed by atoms with Gasteiger partial charge in [-0.1, -0.05) is 18.2 Å². The van der Waals surface area contributed by atoms with Gasteiger partial charge in [0.05, 0.1) is 0 Å². The van der Waals surface area contributed by atoms with Gasteiger partial charge in [-0.25, -0.2) is 0 Å². The normalized spacial score (nSPS) is 10.2. The second-order valence-electron chi connectivity index (χ2n) is 3.71. The molecule has 4 heteroatoms. The van der Waals surface area contributed by atoms with E-state index in [0.29, 0.717) is 12.2 Å². The number of benzene rings is 1. The van der Waals surface area contributed by atoms with Crippen LogP contribution in [-0.4, -0.2) is 16.8 Å². The van der Waals surface area contributed by atoms with E-state index >= 15 is 0 Å². The number of aromatic nitrogens is 1. The molecule has 0 bridgehead atoms. The van der Waals surface area contributed by atoms with Crippen molar-refractivity contribution < 1.29 is 4.79 Å². The Balaban J connectivity index is 2.28. The third-order valence-electron chi connectivity index (χ3n) is 2.48. The van der Waals surface area contributed by atoms with Crippen molar-refractivity contribution in [3.8, 4) is 0 Å². The summed E-state index contributed by atoms with van der Waals surface area (Å²) in [6.07, 6.45) is 0. The lowest BCUT2D eigenvalue weighted by atomic mass is 10.2. The van der Waals surface area contributed by atoms with Gasteiger partial charge in [0.2, 0.25) is 0 Å². The molecule has 0 saturated heterocycles. The molecule has 1 aromatic carbocycles. The van der Waals surface area contributed by atoms with Crippen molar-refractivity contribution in [2.45, 2.75) is 13.8 Å². The second-order valence-corrected chi connectivity index (χ2v) is 4.72. The van der Waals surface area contributed by atoms with Crippen LogP contribution in [0.1, 0.15) is 22.3 Å². The van der Waals surface area contributed by atoms with Crippen molar-refractivity contribution >= 4 is 23.1 Å². The van der Waals surface area contributed by atoms with E-state index in [1.807, 2.05) is 50.2 Å². The highest BCUT2D eigenvalue weighted by Gasteiger charge is 2.18. The molecule has 17 heavy (non-hydrogen) atoms. The Labute approximate surface area is 105 Å². The van der Waals surface area contributed by atoms with Crippen LogP contribution in [-0.2, 0) is 0 Å². The summed E-state index contributed by atoms with van der Waals surface area (Å²) in [7, 11) is 0. The number of hydrogen-bond acceptors (Lipinski definition) is 3. The first-order chi connectivity index (χ1) is 8.22. The van der Waals surface area contributed by atoms with E-state index in [2.05, 4.69) is 4.37 Å². The fraction of sp³-hybridized carbons (Fsp3) is 0.231. The first-order valence-electron chi connectivity index (χ1n) is 5.52. The Kier molecular flexibility index (Phi) is 3.54. The van der Waals surface area contributed by atoms with E-state index in [9.17, 15) is 4.79 Å². The van der Waals surface area contributed by atoms with Gasteiger partial charge in [-0.2, -0.15) is 4.37 Å². The van der Waals surface area contributed by atoms with Gasteiger partial charge in [0.1, 0.15) is 5.69 Å². The maximum atomic E-state index is 12.3. The highest BCUT2D eigenvalue weighted by atomic mass is 32.1. The smallest absolute Gasteiger partial charge is 0.277 e. The molecule has 3 nitrogen and oxygen atoms in total. The van der Waals surface area contributed by atoms with E-state index in [1.165, 1.54) is 11.5 Å². The van der Waals surface area contributed by atoms with E-state index in [4.69, 9.17) is 0 Å². The van der Waals surface area contributed by atoms with Crippen LogP contribution in [0.2, 0.25) is 0 Å².